The van der Waals surface area contributed by atoms with Crippen molar-refractivity contribution < 1.29 is 0 Å². The van der Waals surface area contributed by atoms with Crippen LogP contribution in [0.2, 0.25) is 0 Å². The normalized spacial score (nSPS) is 34.1. The van der Waals surface area contributed by atoms with Crippen molar-refractivity contribution in [2.45, 2.75) is 84.3 Å². The van der Waals surface area contributed by atoms with Gasteiger partial charge in [-0.1, -0.05) is 0 Å². The lowest BCUT2D eigenvalue weighted by atomic mass is 9.90. The molecule has 0 aromatic heterocycles. The lowest BCUT2D eigenvalue weighted by molar-refractivity contribution is 0.0857. The van der Waals surface area contributed by atoms with Crippen molar-refractivity contribution >= 4 is 0 Å². The van der Waals surface area contributed by atoms with E-state index in [1.54, 1.807) is 0 Å². The average Bonchev–Trinajstić information content (AvgIpc) is 2.44. The fourth-order valence-corrected chi connectivity index (χ4v) is 3.92. The Kier molecular flexibility index (Phi) is 4.32. The van der Waals surface area contributed by atoms with E-state index in [0.29, 0.717) is 5.54 Å². The number of hydrogen-bond donors (Lipinski definition) is 1. The second kappa shape index (κ2) is 5.37. The Hall–Kier alpha value is -0.0800. The van der Waals surface area contributed by atoms with E-state index in [1.165, 1.54) is 38.8 Å². The summed E-state index contributed by atoms with van der Waals surface area (Å²) in [7, 11) is 0. The highest BCUT2D eigenvalue weighted by molar-refractivity contribution is 4.92. The van der Waals surface area contributed by atoms with Gasteiger partial charge in [-0.25, -0.2) is 0 Å². The first-order chi connectivity index (χ1) is 8.63. The minimum Gasteiger partial charge on any atom is -0.309 e. The van der Waals surface area contributed by atoms with E-state index >= 15 is 0 Å². The first-order valence-corrected chi connectivity index (χ1v) is 8.16. The second-order valence-electron chi connectivity index (χ2n) is 8.95. The van der Waals surface area contributed by atoms with Crippen LogP contribution in [0, 0.1) is 11.8 Å². The fourth-order valence-electron chi connectivity index (χ4n) is 3.92. The smallest absolute Gasteiger partial charge is 0.0125 e. The summed E-state index contributed by atoms with van der Waals surface area (Å²) in [6.45, 7) is 16.6. The van der Waals surface area contributed by atoms with Crippen molar-refractivity contribution in [1.29, 1.82) is 0 Å². The Balaban J connectivity index is 2.04. The molecule has 1 saturated heterocycles. The maximum atomic E-state index is 3.86. The van der Waals surface area contributed by atoms with Crippen LogP contribution >= 0.6 is 0 Å². The molecule has 0 radical (unpaired) electrons. The van der Waals surface area contributed by atoms with Crippen LogP contribution in [0.15, 0.2) is 0 Å². The van der Waals surface area contributed by atoms with Crippen molar-refractivity contribution in [2.75, 3.05) is 13.1 Å². The Morgan fingerprint density at radius 3 is 1.68 bits per heavy atom. The summed E-state index contributed by atoms with van der Waals surface area (Å²) in [6.07, 6.45) is 5.64. The molecule has 2 aliphatic rings. The number of nitrogens with one attached hydrogen (secondary N) is 1. The third-order valence-electron chi connectivity index (χ3n) is 4.76. The van der Waals surface area contributed by atoms with E-state index in [-0.39, 0.29) is 5.54 Å². The molecule has 2 fully saturated rings. The average molecular weight is 266 g/mol. The summed E-state index contributed by atoms with van der Waals surface area (Å²) in [6, 6.07) is 0.736. The molecular formula is C17H34N2. The summed E-state index contributed by atoms with van der Waals surface area (Å²) in [5.74, 6) is 1.79. The fraction of sp³-hybridized carbons (Fsp3) is 1.00. The predicted molar refractivity (Wildman–Crippen MR) is 83.5 cm³/mol. The molecule has 19 heavy (non-hydrogen) atoms. The van der Waals surface area contributed by atoms with Gasteiger partial charge in [-0.2, -0.15) is 0 Å². The van der Waals surface area contributed by atoms with Crippen molar-refractivity contribution in [1.82, 2.24) is 10.2 Å². The highest BCUT2D eigenvalue weighted by atomic mass is 15.2. The van der Waals surface area contributed by atoms with Crippen LogP contribution in [0.5, 0.6) is 0 Å². The van der Waals surface area contributed by atoms with Crippen LogP contribution in [0.3, 0.4) is 0 Å². The maximum absolute atomic E-state index is 3.86. The summed E-state index contributed by atoms with van der Waals surface area (Å²) < 4.78 is 0. The third-order valence-corrected chi connectivity index (χ3v) is 4.76. The molecule has 2 bridgehead atoms. The number of hydrogen-bond acceptors (Lipinski definition) is 2. The van der Waals surface area contributed by atoms with Crippen LogP contribution in [-0.2, 0) is 0 Å². The van der Waals surface area contributed by atoms with Crippen LogP contribution in [0.4, 0.5) is 0 Å². The quantitative estimate of drug-likeness (QED) is 0.779. The van der Waals surface area contributed by atoms with Crippen molar-refractivity contribution in [3.8, 4) is 0 Å². The van der Waals surface area contributed by atoms with E-state index in [1.807, 2.05) is 0 Å². The Morgan fingerprint density at radius 1 is 0.842 bits per heavy atom. The maximum Gasteiger partial charge on any atom is 0.0125 e. The zero-order valence-corrected chi connectivity index (χ0v) is 13.9. The zero-order chi connectivity index (χ0) is 14.3. The topological polar surface area (TPSA) is 15.3 Å². The first-order valence-electron chi connectivity index (χ1n) is 8.16. The van der Waals surface area contributed by atoms with Gasteiger partial charge in [0.2, 0.25) is 0 Å². The molecule has 2 unspecified atom stereocenters. The SMILES string of the molecule is CC(C)(C)NC1CC2CCC(C1)CN(C(C)(C)C)C2. The van der Waals surface area contributed by atoms with Gasteiger partial charge in [0, 0.05) is 30.2 Å². The van der Waals surface area contributed by atoms with Gasteiger partial charge in [-0.15, -0.1) is 0 Å². The molecular weight excluding hydrogens is 232 g/mol. The Bertz CT molecular complexity index is 281. The highest BCUT2D eigenvalue weighted by Crippen LogP contribution is 2.35. The highest BCUT2D eigenvalue weighted by Gasteiger charge is 2.36. The van der Waals surface area contributed by atoms with E-state index in [0.717, 1.165) is 17.9 Å². The molecule has 112 valence electrons. The molecule has 1 heterocycles. The molecule has 2 atom stereocenters. The van der Waals surface area contributed by atoms with Crippen molar-refractivity contribution in [3.63, 3.8) is 0 Å². The summed E-state index contributed by atoms with van der Waals surface area (Å²) in [5, 5.41) is 3.86. The minimum atomic E-state index is 0.257. The largest absolute Gasteiger partial charge is 0.309 e. The van der Waals surface area contributed by atoms with Crippen LogP contribution in [0.25, 0.3) is 0 Å². The summed E-state index contributed by atoms with van der Waals surface area (Å²) in [5.41, 5.74) is 0.595. The molecule has 0 aromatic carbocycles. The van der Waals surface area contributed by atoms with Gasteiger partial charge >= 0.3 is 0 Å². The molecule has 1 aliphatic heterocycles. The molecule has 0 amide bonds. The number of rotatable bonds is 1. The van der Waals surface area contributed by atoms with Crippen LogP contribution in [0.1, 0.15) is 67.2 Å². The lowest BCUT2D eigenvalue weighted by Gasteiger charge is -2.41. The van der Waals surface area contributed by atoms with Gasteiger partial charge in [-0.05, 0) is 79.1 Å². The molecule has 0 spiro atoms. The molecule has 1 aliphatic carbocycles. The van der Waals surface area contributed by atoms with E-state index in [9.17, 15) is 0 Å². The number of fused-ring (bicyclic) bond motifs is 3. The van der Waals surface area contributed by atoms with Crippen molar-refractivity contribution in [3.05, 3.63) is 0 Å². The lowest BCUT2D eigenvalue weighted by Crippen LogP contribution is -2.50. The number of likely N-dealkylation sites (tertiary alicyclic amines) is 1. The van der Waals surface area contributed by atoms with Gasteiger partial charge in [-0.3, -0.25) is 4.90 Å². The molecule has 1 saturated carbocycles. The van der Waals surface area contributed by atoms with E-state index in [4.69, 9.17) is 0 Å². The van der Waals surface area contributed by atoms with Gasteiger partial charge in [0.15, 0.2) is 0 Å². The van der Waals surface area contributed by atoms with Gasteiger partial charge in [0.05, 0.1) is 0 Å². The van der Waals surface area contributed by atoms with Gasteiger partial charge in [0.25, 0.3) is 0 Å². The summed E-state index contributed by atoms with van der Waals surface area (Å²) >= 11 is 0. The molecule has 2 heteroatoms. The molecule has 2 rings (SSSR count). The Labute approximate surface area is 120 Å². The Morgan fingerprint density at radius 2 is 1.32 bits per heavy atom. The summed E-state index contributed by atoms with van der Waals surface area (Å²) in [4.78, 5) is 2.74. The predicted octanol–water partition coefficient (Wildman–Crippen LogP) is 3.66. The monoisotopic (exact) mass is 266 g/mol. The van der Waals surface area contributed by atoms with E-state index < -0.39 is 0 Å². The van der Waals surface area contributed by atoms with Crippen molar-refractivity contribution in [2.24, 2.45) is 11.8 Å². The molecule has 1 N–H and O–H groups in total. The third kappa shape index (κ3) is 4.46. The minimum absolute atomic E-state index is 0.257. The standard InChI is InChI=1S/C17H34N2/c1-16(2,3)18-15-9-13-7-8-14(10-15)12-19(11-13)17(4,5)6/h13-15,18H,7-12H2,1-6H3. The second-order valence-corrected chi connectivity index (χ2v) is 8.95. The zero-order valence-electron chi connectivity index (χ0n) is 13.9. The first kappa shape index (κ1) is 15.3. The van der Waals surface area contributed by atoms with Crippen LogP contribution in [-0.4, -0.2) is 35.1 Å². The molecule has 0 aromatic rings. The van der Waals surface area contributed by atoms with E-state index in [2.05, 4.69) is 51.8 Å². The van der Waals surface area contributed by atoms with Gasteiger partial charge in [0.1, 0.15) is 0 Å². The number of nitrogens with zero attached hydrogens (tertiary/aromatic N) is 1. The van der Waals surface area contributed by atoms with Gasteiger partial charge < -0.3 is 5.32 Å². The van der Waals surface area contributed by atoms with Crippen LogP contribution < -0.4 is 5.32 Å². The molecule has 2 nitrogen and oxygen atoms in total.